The van der Waals surface area contributed by atoms with Crippen molar-refractivity contribution < 1.29 is 22.4 Å². The molecular weight excluding hydrogens is 316 g/mol. The van der Waals surface area contributed by atoms with Crippen molar-refractivity contribution >= 4 is 10.1 Å². The van der Waals surface area contributed by atoms with Gasteiger partial charge in [-0.3, -0.25) is 4.18 Å². The van der Waals surface area contributed by atoms with Crippen molar-refractivity contribution in [2.24, 2.45) is 0 Å². The average molecular weight is 346 g/mol. The Balaban J connectivity index is 0.00000149. The van der Waals surface area contributed by atoms with Crippen LogP contribution in [-0.4, -0.2) is 33.0 Å². The molecule has 23 heavy (non-hydrogen) atoms. The summed E-state index contributed by atoms with van der Waals surface area (Å²) in [7, 11) is -3.39. The summed E-state index contributed by atoms with van der Waals surface area (Å²) in [5.41, 5.74) is 0.811. The van der Waals surface area contributed by atoms with Gasteiger partial charge in [0.05, 0.1) is 19.5 Å². The fraction of sp³-hybridized carbons (Fsp3) is 0.647. The molecular formula is C17H30O5S. The largest absolute Gasteiger partial charge is 0.494 e. The van der Waals surface area contributed by atoms with Gasteiger partial charge in [0.15, 0.2) is 0 Å². The topological polar surface area (TPSA) is 72.8 Å². The Labute approximate surface area is 140 Å². The Morgan fingerprint density at radius 2 is 1.57 bits per heavy atom. The first kappa shape index (κ1) is 21.9. The fourth-order valence-corrected chi connectivity index (χ4v) is 2.10. The molecule has 0 saturated carbocycles. The van der Waals surface area contributed by atoms with E-state index >= 15 is 0 Å². The van der Waals surface area contributed by atoms with E-state index in [9.17, 15) is 8.42 Å². The van der Waals surface area contributed by atoms with Gasteiger partial charge in [0.1, 0.15) is 5.75 Å². The molecule has 1 N–H and O–H groups in total. The first-order chi connectivity index (χ1) is 10.9. The van der Waals surface area contributed by atoms with Gasteiger partial charge < -0.3 is 9.84 Å². The lowest BCUT2D eigenvalue weighted by Crippen LogP contribution is -2.02. The summed E-state index contributed by atoms with van der Waals surface area (Å²) in [6.45, 7) is 4.92. The number of aliphatic hydroxyl groups excluding tert-OH is 1. The Morgan fingerprint density at radius 1 is 1.00 bits per heavy atom. The van der Waals surface area contributed by atoms with Crippen molar-refractivity contribution in [1.29, 1.82) is 0 Å². The second-order valence-electron chi connectivity index (χ2n) is 5.19. The lowest BCUT2D eigenvalue weighted by atomic mass is 10.2. The van der Waals surface area contributed by atoms with Crippen LogP contribution < -0.4 is 4.74 Å². The number of rotatable bonds is 10. The number of hydrogen-bond acceptors (Lipinski definition) is 5. The lowest BCUT2D eigenvalue weighted by molar-refractivity contribution is 0.302. The molecule has 0 heterocycles. The van der Waals surface area contributed by atoms with Crippen molar-refractivity contribution in [1.82, 2.24) is 0 Å². The first-order valence-electron chi connectivity index (χ1n) is 8.10. The minimum absolute atomic E-state index is 0.0656. The van der Waals surface area contributed by atoms with Gasteiger partial charge in [0.2, 0.25) is 0 Å². The Hall–Kier alpha value is -1.11. The second kappa shape index (κ2) is 13.3. The second-order valence-corrected chi connectivity index (χ2v) is 6.83. The standard InChI is InChI=1S/C15H24O4S.C2H6O/c1-3-4-5-6-7-12-18-15-10-8-14(9-11-15)13-19-20(2,16)17;1-2-3/h8-11H,3-7,12-13H2,1-2H3;3H,2H2,1H3. The third-order valence-corrected chi connectivity index (χ3v) is 3.43. The predicted octanol–water partition coefficient (Wildman–Crippen LogP) is 3.51. The van der Waals surface area contributed by atoms with Crippen LogP contribution in [0.1, 0.15) is 51.5 Å². The molecule has 6 heteroatoms. The molecule has 0 aliphatic rings. The molecule has 0 atom stereocenters. The van der Waals surface area contributed by atoms with E-state index in [1.165, 1.54) is 25.7 Å². The lowest BCUT2D eigenvalue weighted by Gasteiger charge is -2.07. The predicted molar refractivity (Wildman–Crippen MR) is 93.1 cm³/mol. The van der Waals surface area contributed by atoms with E-state index in [1.807, 2.05) is 24.3 Å². The van der Waals surface area contributed by atoms with Crippen LogP contribution in [0, 0.1) is 0 Å². The van der Waals surface area contributed by atoms with E-state index < -0.39 is 10.1 Å². The quantitative estimate of drug-likeness (QED) is 0.518. The summed E-state index contributed by atoms with van der Waals surface area (Å²) >= 11 is 0. The number of aliphatic hydroxyl groups is 1. The van der Waals surface area contributed by atoms with Crippen LogP contribution >= 0.6 is 0 Å². The van der Waals surface area contributed by atoms with E-state index in [4.69, 9.17) is 14.0 Å². The molecule has 1 aromatic rings. The molecule has 0 bridgehead atoms. The van der Waals surface area contributed by atoms with E-state index in [2.05, 4.69) is 6.92 Å². The highest BCUT2D eigenvalue weighted by molar-refractivity contribution is 7.85. The zero-order valence-electron chi connectivity index (χ0n) is 14.5. The number of unbranched alkanes of at least 4 members (excludes halogenated alkanes) is 4. The van der Waals surface area contributed by atoms with Crippen LogP contribution in [0.5, 0.6) is 5.75 Å². The highest BCUT2D eigenvalue weighted by Gasteiger charge is 2.02. The van der Waals surface area contributed by atoms with Gasteiger partial charge in [0, 0.05) is 6.61 Å². The zero-order valence-corrected chi connectivity index (χ0v) is 15.3. The Morgan fingerprint density at radius 3 is 2.09 bits per heavy atom. The highest BCUT2D eigenvalue weighted by atomic mass is 32.2. The summed E-state index contributed by atoms with van der Waals surface area (Å²) < 4.78 is 32.1. The molecule has 0 aliphatic carbocycles. The normalized spacial score (nSPS) is 10.8. The molecule has 0 amide bonds. The minimum atomic E-state index is -3.39. The third kappa shape index (κ3) is 14.2. The smallest absolute Gasteiger partial charge is 0.264 e. The summed E-state index contributed by atoms with van der Waals surface area (Å²) in [4.78, 5) is 0. The maximum absolute atomic E-state index is 10.9. The molecule has 0 radical (unpaired) electrons. The zero-order chi connectivity index (χ0) is 17.6. The summed E-state index contributed by atoms with van der Waals surface area (Å²) in [6.07, 6.45) is 7.12. The molecule has 1 rings (SSSR count). The molecule has 134 valence electrons. The number of ether oxygens (including phenoxy) is 1. The van der Waals surface area contributed by atoms with E-state index in [0.717, 1.165) is 30.6 Å². The van der Waals surface area contributed by atoms with Crippen molar-refractivity contribution in [3.63, 3.8) is 0 Å². The van der Waals surface area contributed by atoms with Gasteiger partial charge in [0.25, 0.3) is 10.1 Å². The monoisotopic (exact) mass is 346 g/mol. The molecule has 0 spiro atoms. The number of hydrogen-bond donors (Lipinski definition) is 1. The van der Waals surface area contributed by atoms with Crippen LogP contribution in [0.4, 0.5) is 0 Å². The molecule has 5 nitrogen and oxygen atoms in total. The summed E-state index contributed by atoms with van der Waals surface area (Å²) in [5, 5.41) is 7.57. The first-order valence-corrected chi connectivity index (χ1v) is 9.91. The SMILES string of the molecule is CCCCCCCOc1ccc(COS(C)(=O)=O)cc1.CCO. The van der Waals surface area contributed by atoms with Crippen LogP contribution in [0.25, 0.3) is 0 Å². The van der Waals surface area contributed by atoms with Crippen molar-refractivity contribution in [3.05, 3.63) is 29.8 Å². The van der Waals surface area contributed by atoms with Crippen LogP contribution in [0.15, 0.2) is 24.3 Å². The maximum atomic E-state index is 10.9. The highest BCUT2D eigenvalue weighted by Crippen LogP contribution is 2.14. The third-order valence-electron chi connectivity index (χ3n) is 2.88. The van der Waals surface area contributed by atoms with Crippen LogP contribution in [-0.2, 0) is 20.9 Å². The minimum Gasteiger partial charge on any atom is -0.494 e. The van der Waals surface area contributed by atoms with Crippen molar-refractivity contribution in [3.8, 4) is 5.75 Å². The van der Waals surface area contributed by atoms with E-state index in [0.29, 0.717) is 0 Å². The van der Waals surface area contributed by atoms with Crippen LogP contribution in [0.3, 0.4) is 0 Å². The van der Waals surface area contributed by atoms with Gasteiger partial charge in [-0.25, -0.2) is 0 Å². The Bertz CT molecular complexity index is 482. The van der Waals surface area contributed by atoms with Gasteiger partial charge in [-0.2, -0.15) is 8.42 Å². The van der Waals surface area contributed by atoms with Crippen molar-refractivity contribution in [2.75, 3.05) is 19.5 Å². The molecule has 0 fully saturated rings. The summed E-state index contributed by atoms with van der Waals surface area (Å²) in [6, 6.07) is 7.31. The van der Waals surface area contributed by atoms with Crippen molar-refractivity contribution in [2.45, 2.75) is 52.6 Å². The van der Waals surface area contributed by atoms with Gasteiger partial charge in [-0.1, -0.05) is 44.7 Å². The molecule has 1 aromatic carbocycles. The summed E-state index contributed by atoms with van der Waals surface area (Å²) in [5.74, 6) is 0.809. The van der Waals surface area contributed by atoms with Crippen LogP contribution in [0.2, 0.25) is 0 Å². The molecule has 0 saturated heterocycles. The molecule has 0 unspecified atom stereocenters. The van der Waals surface area contributed by atoms with Gasteiger partial charge in [-0.15, -0.1) is 0 Å². The maximum Gasteiger partial charge on any atom is 0.264 e. The number of benzene rings is 1. The van der Waals surface area contributed by atoms with Gasteiger partial charge in [-0.05, 0) is 31.0 Å². The molecule has 0 aromatic heterocycles. The average Bonchev–Trinajstić information content (AvgIpc) is 2.50. The van der Waals surface area contributed by atoms with E-state index in [-0.39, 0.29) is 13.2 Å². The van der Waals surface area contributed by atoms with E-state index in [1.54, 1.807) is 6.92 Å². The van der Waals surface area contributed by atoms with Gasteiger partial charge >= 0.3 is 0 Å². The Kier molecular flexibility index (Phi) is 12.7. The molecule has 0 aliphatic heterocycles. The fourth-order valence-electron chi connectivity index (χ4n) is 1.75.